The molecule has 2 atom stereocenters. The highest BCUT2D eigenvalue weighted by Gasteiger charge is 2.39. The Kier molecular flexibility index (Phi) is 3.16. The predicted octanol–water partition coefficient (Wildman–Crippen LogP) is 2.09. The van der Waals surface area contributed by atoms with Crippen LogP contribution in [0, 0.1) is 0 Å². The highest BCUT2D eigenvalue weighted by atomic mass is 15.3. The Balaban J connectivity index is 1.85. The normalized spacial score (nSPS) is 30.0. The van der Waals surface area contributed by atoms with Crippen molar-refractivity contribution in [2.24, 2.45) is 5.73 Å². The minimum absolute atomic E-state index is 0.268. The van der Waals surface area contributed by atoms with E-state index in [1.165, 1.54) is 31.4 Å². The lowest BCUT2D eigenvalue weighted by Gasteiger charge is -2.39. The molecule has 18 heavy (non-hydrogen) atoms. The number of nitrogens with two attached hydrogens (primary N) is 1. The smallest absolute Gasteiger partial charge is 0.0538 e. The Morgan fingerprint density at radius 1 is 1.33 bits per heavy atom. The Bertz CT molecular complexity index is 408. The summed E-state index contributed by atoms with van der Waals surface area (Å²) in [5.41, 5.74) is 7.68. The van der Waals surface area contributed by atoms with E-state index < -0.39 is 0 Å². The fraction of sp³-hybridized carbons (Fsp3) is 0.786. The predicted molar refractivity (Wildman–Crippen MR) is 72.3 cm³/mol. The zero-order valence-electron chi connectivity index (χ0n) is 11.4. The van der Waals surface area contributed by atoms with Crippen molar-refractivity contribution in [3.63, 3.8) is 0 Å². The molecule has 0 spiro atoms. The summed E-state index contributed by atoms with van der Waals surface area (Å²) in [6.07, 6.45) is 9.29. The van der Waals surface area contributed by atoms with E-state index in [4.69, 9.17) is 5.73 Å². The zero-order chi connectivity index (χ0) is 12.7. The number of likely N-dealkylation sites (tertiary alicyclic amines) is 1. The van der Waals surface area contributed by atoms with Gasteiger partial charge in [0.15, 0.2) is 0 Å². The lowest BCUT2D eigenvalue weighted by molar-refractivity contribution is 0.119. The summed E-state index contributed by atoms with van der Waals surface area (Å²) in [6.45, 7) is 5.53. The first kappa shape index (κ1) is 12.2. The van der Waals surface area contributed by atoms with Gasteiger partial charge in [-0.15, -0.1) is 0 Å². The highest BCUT2D eigenvalue weighted by Crippen LogP contribution is 2.39. The monoisotopic (exact) mass is 248 g/mol. The number of piperidine rings is 1. The van der Waals surface area contributed by atoms with Crippen LogP contribution in [0.25, 0.3) is 0 Å². The average molecular weight is 248 g/mol. The van der Waals surface area contributed by atoms with Crippen LogP contribution in [0.4, 0.5) is 0 Å². The summed E-state index contributed by atoms with van der Waals surface area (Å²) in [5, 5.41) is 4.47. The minimum atomic E-state index is 0.268. The van der Waals surface area contributed by atoms with Gasteiger partial charge in [-0.1, -0.05) is 0 Å². The summed E-state index contributed by atoms with van der Waals surface area (Å²) in [6, 6.07) is 1.86. The largest absolute Gasteiger partial charge is 0.326 e. The van der Waals surface area contributed by atoms with Crippen LogP contribution >= 0.6 is 0 Å². The molecule has 2 fully saturated rings. The third-order valence-electron chi connectivity index (χ3n) is 4.22. The second-order valence-corrected chi connectivity index (χ2v) is 6.07. The first-order valence-corrected chi connectivity index (χ1v) is 7.22. The second-order valence-electron chi connectivity index (χ2n) is 6.07. The molecule has 1 aliphatic heterocycles. The maximum atomic E-state index is 6.37. The van der Waals surface area contributed by atoms with Crippen molar-refractivity contribution in [1.29, 1.82) is 0 Å². The van der Waals surface area contributed by atoms with Gasteiger partial charge < -0.3 is 5.73 Å². The summed E-state index contributed by atoms with van der Waals surface area (Å²) in [4.78, 5) is 2.62. The van der Waals surface area contributed by atoms with Gasteiger partial charge in [0.05, 0.1) is 12.2 Å². The average Bonchev–Trinajstić information content (AvgIpc) is 3.06. The van der Waals surface area contributed by atoms with Crippen LogP contribution in [0.15, 0.2) is 12.4 Å². The Hall–Kier alpha value is -0.870. The van der Waals surface area contributed by atoms with Gasteiger partial charge in [-0.2, -0.15) is 5.10 Å². The van der Waals surface area contributed by atoms with Crippen molar-refractivity contribution in [3.8, 4) is 0 Å². The molecule has 2 aliphatic rings. The summed E-state index contributed by atoms with van der Waals surface area (Å²) in [5.74, 6) is 0. The van der Waals surface area contributed by atoms with E-state index in [0.29, 0.717) is 12.1 Å². The molecule has 0 radical (unpaired) electrons. The number of aromatic nitrogens is 2. The maximum Gasteiger partial charge on any atom is 0.0538 e. The van der Waals surface area contributed by atoms with Gasteiger partial charge in [-0.25, -0.2) is 0 Å². The molecule has 1 aromatic rings. The summed E-state index contributed by atoms with van der Waals surface area (Å²) >= 11 is 0. The Morgan fingerprint density at radius 3 is 2.72 bits per heavy atom. The highest BCUT2D eigenvalue weighted by molar-refractivity contribution is 5.16. The lowest BCUT2D eigenvalue weighted by atomic mass is 9.92. The topological polar surface area (TPSA) is 47.1 Å². The van der Waals surface area contributed by atoms with Gasteiger partial charge in [-0.05, 0) is 46.1 Å². The molecular formula is C14H24N4. The molecule has 0 amide bonds. The molecule has 1 saturated carbocycles. The van der Waals surface area contributed by atoms with Crippen molar-refractivity contribution < 1.29 is 0 Å². The maximum absolute atomic E-state index is 6.37. The molecule has 1 aromatic heterocycles. The molecule has 2 unspecified atom stereocenters. The van der Waals surface area contributed by atoms with Gasteiger partial charge in [0, 0.05) is 29.9 Å². The number of nitrogens with zero attached hydrogens (tertiary/aromatic N) is 3. The van der Waals surface area contributed by atoms with E-state index in [2.05, 4.69) is 30.0 Å². The summed E-state index contributed by atoms with van der Waals surface area (Å²) < 4.78 is 2.04. The van der Waals surface area contributed by atoms with Crippen molar-refractivity contribution in [2.45, 2.75) is 63.7 Å². The van der Waals surface area contributed by atoms with Crippen LogP contribution in [-0.2, 0) is 0 Å². The molecule has 2 heterocycles. The fourth-order valence-corrected chi connectivity index (χ4v) is 3.09. The Labute approximate surface area is 109 Å². The van der Waals surface area contributed by atoms with Crippen molar-refractivity contribution in [1.82, 2.24) is 14.7 Å². The second kappa shape index (κ2) is 4.67. The lowest BCUT2D eigenvalue weighted by Crippen LogP contribution is -2.46. The molecule has 3 rings (SSSR count). The van der Waals surface area contributed by atoms with Crippen LogP contribution in [0.1, 0.15) is 57.2 Å². The Morgan fingerprint density at radius 2 is 2.11 bits per heavy atom. The van der Waals surface area contributed by atoms with Gasteiger partial charge >= 0.3 is 0 Å². The van der Waals surface area contributed by atoms with E-state index >= 15 is 0 Å². The minimum Gasteiger partial charge on any atom is -0.326 e. The number of hydrogen-bond acceptors (Lipinski definition) is 3. The number of rotatable bonds is 3. The standard InChI is InChI=1S/C14H24N4/c1-10(2)18-9-11(8-16-18)14-13(15)4-3-7-17(14)12-5-6-12/h8-10,12-14H,3-7,15H2,1-2H3. The molecule has 4 heteroatoms. The number of hydrogen-bond donors (Lipinski definition) is 1. The third-order valence-corrected chi connectivity index (χ3v) is 4.22. The molecule has 1 aliphatic carbocycles. The molecule has 0 aromatic carbocycles. The van der Waals surface area contributed by atoms with E-state index in [0.717, 1.165) is 12.5 Å². The first-order valence-electron chi connectivity index (χ1n) is 7.22. The van der Waals surface area contributed by atoms with Gasteiger partial charge in [0.25, 0.3) is 0 Å². The van der Waals surface area contributed by atoms with Crippen LogP contribution < -0.4 is 5.73 Å². The van der Waals surface area contributed by atoms with Crippen LogP contribution in [0.2, 0.25) is 0 Å². The van der Waals surface area contributed by atoms with Crippen molar-refractivity contribution in [2.75, 3.05) is 6.54 Å². The van der Waals surface area contributed by atoms with Gasteiger partial charge in [0.2, 0.25) is 0 Å². The quantitative estimate of drug-likeness (QED) is 0.891. The van der Waals surface area contributed by atoms with Crippen molar-refractivity contribution >= 4 is 0 Å². The van der Waals surface area contributed by atoms with Gasteiger partial charge in [0.1, 0.15) is 0 Å². The fourth-order valence-electron chi connectivity index (χ4n) is 3.09. The van der Waals surface area contributed by atoms with E-state index in [1.54, 1.807) is 0 Å². The van der Waals surface area contributed by atoms with Crippen LogP contribution in [0.3, 0.4) is 0 Å². The molecule has 100 valence electrons. The SMILES string of the molecule is CC(C)n1cc(C2C(N)CCCN2C2CC2)cn1. The summed E-state index contributed by atoms with van der Waals surface area (Å²) in [7, 11) is 0. The zero-order valence-corrected chi connectivity index (χ0v) is 11.4. The van der Waals surface area contributed by atoms with E-state index in [-0.39, 0.29) is 6.04 Å². The third kappa shape index (κ3) is 2.19. The first-order chi connectivity index (χ1) is 8.66. The van der Waals surface area contributed by atoms with Crippen molar-refractivity contribution in [3.05, 3.63) is 18.0 Å². The van der Waals surface area contributed by atoms with E-state index in [9.17, 15) is 0 Å². The molecule has 0 bridgehead atoms. The van der Waals surface area contributed by atoms with Crippen LogP contribution in [-0.4, -0.2) is 33.3 Å². The molecule has 2 N–H and O–H groups in total. The van der Waals surface area contributed by atoms with Crippen LogP contribution in [0.5, 0.6) is 0 Å². The van der Waals surface area contributed by atoms with Gasteiger partial charge in [-0.3, -0.25) is 9.58 Å². The van der Waals surface area contributed by atoms with E-state index in [1.807, 2.05) is 10.9 Å². The molecule has 4 nitrogen and oxygen atoms in total. The molecule has 1 saturated heterocycles. The molecular weight excluding hydrogens is 224 g/mol.